The zero-order chi connectivity index (χ0) is 55.6. The first kappa shape index (κ1) is 52.5. The third-order valence-corrected chi connectivity index (χ3v) is 17.0. The molecule has 1 saturated carbocycles. The highest BCUT2D eigenvalue weighted by Crippen LogP contribution is 2.53. The maximum absolute atomic E-state index is 16.2. The molecule has 5 fully saturated rings. The van der Waals surface area contributed by atoms with Crippen molar-refractivity contribution >= 4 is 39.4 Å². The quantitative estimate of drug-likeness (QED) is 0.0627. The van der Waals surface area contributed by atoms with E-state index in [9.17, 15) is 19.8 Å². The SMILES string of the molecule is Cc1c(F)cc2[nH]ncc2c1-c1c(C2CC2)cc2c(N3C[C@@H]4C[C@H]3CN4)nc(OC3CCOCC3)nc2c1OCc1ccc(-c2cn(C(C(=O)N3C[C@H](O)C[C@H]3C(=O)NC(CO)c3ccc(-c4ccnn4C)cc3)C(C)C)nn2)cc1. The van der Waals surface area contributed by atoms with Crippen molar-refractivity contribution in [3.8, 4) is 45.4 Å². The number of hydrogen-bond acceptors (Lipinski definition) is 15. The van der Waals surface area contributed by atoms with Crippen LogP contribution in [-0.4, -0.2) is 142 Å². The molecule has 6 atom stereocenters. The van der Waals surface area contributed by atoms with Crippen LogP contribution in [0.3, 0.4) is 0 Å². The number of β-amino-alcohol motifs (C(OH)–C–C–N with tert-alkyl or cyclic N) is 1. The first-order chi connectivity index (χ1) is 39.4. The summed E-state index contributed by atoms with van der Waals surface area (Å²) in [5.74, 6) is 0.0727. The van der Waals surface area contributed by atoms with Crippen LogP contribution in [0, 0.1) is 18.7 Å². The summed E-state index contributed by atoms with van der Waals surface area (Å²) < 4.78 is 38.9. The Kier molecular flexibility index (Phi) is 14.0. The Balaban J connectivity index is 0.785. The van der Waals surface area contributed by atoms with Crippen LogP contribution in [0.5, 0.6) is 11.8 Å². The molecule has 8 heterocycles. The second-order valence-corrected chi connectivity index (χ2v) is 22.8. The first-order valence-corrected chi connectivity index (χ1v) is 28.2. The molecule has 13 rings (SSSR count). The molecule has 2 bridgehead atoms. The molecule has 5 aliphatic rings. The molecule has 4 aromatic carbocycles. The number of anilines is 1. The Morgan fingerprint density at radius 3 is 2.44 bits per heavy atom. The molecular formula is C60H66FN13O7. The van der Waals surface area contributed by atoms with E-state index in [4.69, 9.17) is 24.2 Å². The highest BCUT2D eigenvalue weighted by atomic mass is 19.1. The highest BCUT2D eigenvalue weighted by Gasteiger charge is 2.44. The van der Waals surface area contributed by atoms with Gasteiger partial charge in [-0.25, -0.2) is 9.07 Å². The van der Waals surface area contributed by atoms with Crippen molar-refractivity contribution in [2.75, 3.05) is 44.4 Å². The Morgan fingerprint density at radius 1 is 0.951 bits per heavy atom. The number of carbonyl (C=O) groups is 2. The van der Waals surface area contributed by atoms with Crippen molar-refractivity contribution in [1.82, 2.24) is 60.5 Å². The van der Waals surface area contributed by atoms with Crippen LogP contribution >= 0.6 is 0 Å². The van der Waals surface area contributed by atoms with Crippen molar-refractivity contribution in [1.29, 1.82) is 0 Å². The van der Waals surface area contributed by atoms with Gasteiger partial charge in [0, 0.05) is 91.7 Å². The van der Waals surface area contributed by atoms with E-state index in [1.807, 2.05) is 82.4 Å². The number of hydrogen-bond donors (Lipinski definition) is 5. The number of likely N-dealkylation sites (tertiary alicyclic amines) is 1. The van der Waals surface area contributed by atoms with E-state index in [-0.39, 0.29) is 67.9 Å². The van der Waals surface area contributed by atoms with Crippen molar-refractivity contribution in [2.45, 2.75) is 114 Å². The lowest BCUT2D eigenvalue weighted by atomic mass is 9.88. The molecule has 20 nitrogen and oxygen atoms in total. The number of halogens is 1. The van der Waals surface area contributed by atoms with Crippen LogP contribution < -0.4 is 25.0 Å². The number of piperazine rings is 1. The minimum Gasteiger partial charge on any atom is -0.486 e. The molecule has 8 aromatic rings. The number of fused-ring (bicyclic) bond motifs is 4. The number of aliphatic hydroxyl groups is 2. The van der Waals surface area contributed by atoms with E-state index >= 15 is 4.39 Å². The molecule has 4 saturated heterocycles. The topological polar surface area (TPSA) is 236 Å². The van der Waals surface area contributed by atoms with E-state index < -0.39 is 30.1 Å². The van der Waals surface area contributed by atoms with Crippen molar-refractivity contribution < 1.29 is 38.4 Å². The molecule has 0 spiro atoms. The van der Waals surface area contributed by atoms with Gasteiger partial charge in [0.25, 0.3) is 0 Å². The van der Waals surface area contributed by atoms with Crippen molar-refractivity contribution in [2.24, 2.45) is 13.0 Å². The minimum atomic E-state index is -0.983. The normalized spacial score (nSPS) is 20.9. The van der Waals surface area contributed by atoms with Crippen molar-refractivity contribution in [3.63, 3.8) is 0 Å². The summed E-state index contributed by atoms with van der Waals surface area (Å²) in [4.78, 5) is 42.9. The number of carbonyl (C=O) groups excluding carboxylic acids is 2. The predicted molar refractivity (Wildman–Crippen MR) is 300 cm³/mol. The van der Waals surface area contributed by atoms with E-state index in [0.29, 0.717) is 58.4 Å². The third kappa shape index (κ3) is 10.0. The maximum atomic E-state index is 16.2. The summed E-state index contributed by atoms with van der Waals surface area (Å²) in [6.07, 6.45) is 8.62. The molecule has 2 amide bonds. The molecule has 81 heavy (non-hydrogen) atoms. The average Bonchev–Trinajstić information content (AvgIpc) is 4.38. The number of H-pyrrole nitrogens is 1. The van der Waals surface area contributed by atoms with E-state index in [0.717, 1.165) is 95.3 Å². The monoisotopic (exact) mass is 1100 g/mol. The van der Waals surface area contributed by atoms with Gasteiger partial charge in [0.1, 0.15) is 47.6 Å². The summed E-state index contributed by atoms with van der Waals surface area (Å²) in [6.45, 7) is 8.19. The van der Waals surface area contributed by atoms with Crippen LogP contribution in [0.1, 0.15) is 92.6 Å². The van der Waals surface area contributed by atoms with Crippen LogP contribution in [-0.2, 0) is 28.0 Å². The maximum Gasteiger partial charge on any atom is 0.319 e. The van der Waals surface area contributed by atoms with Crippen LogP contribution in [0.4, 0.5) is 10.2 Å². The molecule has 4 aromatic heterocycles. The number of aromatic nitrogens is 9. The fourth-order valence-electron chi connectivity index (χ4n) is 12.6. The average molecular weight is 1100 g/mol. The Bertz CT molecular complexity index is 3650. The van der Waals surface area contributed by atoms with Crippen LogP contribution in [0.25, 0.3) is 55.4 Å². The molecule has 1 aliphatic carbocycles. The Hall–Kier alpha value is -7.85. The van der Waals surface area contributed by atoms with Gasteiger partial charge >= 0.3 is 6.01 Å². The van der Waals surface area contributed by atoms with Gasteiger partial charge in [0.05, 0.1) is 55.6 Å². The lowest BCUT2D eigenvalue weighted by molar-refractivity contribution is -0.142. The molecular weight excluding hydrogens is 1030 g/mol. The number of nitrogens with zero attached hydrogens (tertiary/aromatic N) is 10. The lowest BCUT2D eigenvalue weighted by Crippen LogP contribution is -2.50. The number of rotatable bonds is 17. The second kappa shape index (κ2) is 21.6. The highest BCUT2D eigenvalue weighted by molar-refractivity contribution is 6.06. The Morgan fingerprint density at radius 2 is 1.74 bits per heavy atom. The number of aliphatic hydroxyl groups excluding tert-OH is 2. The van der Waals surface area contributed by atoms with Gasteiger partial charge in [-0.15, -0.1) is 5.10 Å². The van der Waals surface area contributed by atoms with E-state index in [1.54, 1.807) is 23.3 Å². The van der Waals surface area contributed by atoms with E-state index in [2.05, 4.69) is 47.2 Å². The standard InChI is InChI=1S/C60H66FN13O7/c1-32(2)55(59(78)73-28-41(76)22-51(73)58(77)65-49(30-75)37-11-13-38(14-12-37)50-15-18-64-71(50)4)74-29-48(69-70-74)36-7-5-34(6-8-36)31-80-56-53(52-33(3)46(61)24-47-45(52)26-63-68-47)43(35-9-10-35)23-44-54(56)66-60(81-42-16-19-79-20-17-42)67-57(44)72-27-39-21-40(72)25-62-39/h5-8,11-15,18,23-24,26,29,32,35,39-42,49,51,55,62,75-76H,9-10,16-17,19-22,25,27-28,30-31H2,1-4H3,(H,63,68)(H,65,77)/t39-,40-,41+,49?,51-,55?/m0/s1. The fraction of sp³-hybridized carbons (Fsp3) is 0.433. The summed E-state index contributed by atoms with van der Waals surface area (Å²) in [5.41, 5.74) is 8.88. The first-order valence-electron chi connectivity index (χ1n) is 28.2. The van der Waals surface area contributed by atoms with Gasteiger partial charge in [-0.1, -0.05) is 67.6 Å². The Labute approximate surface area is 467 Å². The number of aryl methyl sites for hydroxylation is 1. The zero-order valence-electron chi connectivity index (χ0n) is 45.8. The zero-order valence-corrected chi connectivity index (χ0v) is 45.8. The number of benzene rings is 4. The van der Waals surface area contributed by atoms with Gasteiger partial charge in [-0.3, -0.25) is 19.4 Å². The lowest BCUT2D eigenvalue weighted by Gasteiger charge is -2.31. The summed E-state index contributed by atoms with van der Waals surface area (Å²) >= 11 is 0. The smallest absolute Gasteiger partial charge is 0.319 e. The summed E-state index contributed by atoms with van der Waals surface area (Å²) in [5, 5.41) is 50.2. The van der Waals surface area contributed by atoms with Gasteiger partial charge < -0.3 is 44.9 Å². The molecule has 4 aliphatic heterocycles. The minimum absolute atomic E-state index is 0.0392. The van der Waals surface area contributed by atoms with Gasteiger partial charge in [-0.05, 0) is 84.0 Å². The fourth-order valence-corrected chi connectivity index (χ4v) is 12.6. The number of ether oxygens (including phenoxy) is 3. The second-order valence-electron chi connectivity index (χ2n) is 22.8. The van der Waals surface area contributed by atoms with Gasteiger partial charge in [0.15, 0.2) is 5.75 Å². The summed E-state index contributed by atoms with van der Waals surface area (Å²) in [6, 6.07) is 19.2. The molecule has 0 radical (unpaired) electrons. The molecule has 21 heteroatoms. The third-order valence-electron chi connectivity index (χ3n) is 17.0. The molecule has 2 unspecified atom stereocenters. The van der Waals surface area contributed by atoms with Crippen LogP contribution in [0.2, 0.25) is 0 Å². The van der Waals surface area contributed by atoms with E-state index in [1.165, 1.54) is 15.6 Å². The van der Waals surface area contributed by atoms with Gasteiger partial charge in [-0.2, -0.15) is 20.2 Å². The van der Waals surface area contributed by atoms with Crippen molar-refractivity contribution in [3.05, 3.63) is 113 Å². The van der Waals surface area contributed by atoms with Gasteiger partial charge in [0.2, 0.25) is 11.8 Å². The molecule has 420 valence electrons. The summed E-state index contributed by atoms with van der Waals surface area (Å²) in [7, 11) is 1.86. The number of aromatic amines is 1. The number of amides is 2. The largest absolute Gasteiger partial charge is 0.486 e. The van der Waals surface area contributed by atoms with Crippen LogP contribution in [0.15, 0.2) is 85.3 Å². The molecule has 5 N–H and O–H groups in total. The predicted octanol–water partition coefficient (Wildman–Crippen LogP) is 6.85. The number of nitrogens with one attached hydrogen (secondary N) is 3.